The minimum absolute atomic E-state index is 0.0454. The Morgan fingerprint density at radius 3 is 2.46 bits per heavy atom. The number of fused-ring (bicyclic) bond motifs is 1. The van der Waals surface area contributed by atoms with Gasteiger partial charge in [-0.1, -0.05) is 32.9 Å². The van der Waals surface area contributed by atoms with Crippen LogP contribution in [0.4, 0.5) is 11.4 Å². The first-order valence-corrected chi connectivity index (χ1v) is 13.6. The number of aliphatic hydroxyl groups is 1. The van der Waals surface area contributed by atoms with E-state index in [1.807, 2.05) is 0 Å². The number of aliphatic hydroxyl groups excluding tert-OH is 1. The van der Waals surface area contributed by atoms with Gasteiger partial charge in [-0.25, -0.2) is 0 Å². The molecule has 1 amide bonds. The molecule has 0 radical (unpaired) electrons. The summed E-state index contributed by atoms with van der Waals surface area (Å²) in [5.41, 5.74) is 3.88. The quantitative estimate of drug-likeness (QED) is 0.426. The van der Waals surface area contributed by atoms with Crippen LogP contribution < -0.4 is 15.5 Å². The normalized spacial score (nSPS) is 19.6. The van der Waals surface area contributed by atoms with E-state index < -0.39 is 16.2 Å². The number of hydrogen-bond acceptors (Lipinski definition) is 6. The minimum atomic E-state index is -4.29. The molecular formula is C26H37N3O5S. The first-order chi connectivity index (χ1) is 16.6. The number of benzene rings is 2. The summed E-state index contributed by atoms with van der Waals surface area (Å²) in [5, 5.41) is 16.3. The topological polar surface area (TPSA) is 119 Å². The van der Waals surface area contributed by atoms with Crippen LogP contribution in [0.5, 0.6) is 0 Å². The molecule has 35 heavy (non-hydrogen) atoms. The highest BCUT2D eigenvalue weighted by atomic mass is 32.2. The van der Waals surface area contributed by atoms with E-state index in [4.69, 9.17) is 4.55 Å². The molecular weight excluding hydrogens is 466 g/mol. The Morgan fingerprint density at radius 2 is 1.89 bits per heavy atom. The zero-order chi connectivity index (χ0) is 25.6. The maximum Gasteiger partial charge on any atom is 0.294 e. The Morgan fingerprint density at radius 1 is 1.17 bits per heavy atom. The molecule has 1 saturated heterocycles. The van der Waals surface area contributed by atoms with Gasteiger partial charge in [-0.05, 0) is 54.7 Å². The van der Waals surface area contributed by atoms with Crippen molar-refractivity contribution in [2.75, 3.05) is 36.4 Å². The van der Waals surface area contributed by atoms with Gasteiger partial charge in [-0.3, -0.25) is 9.35 Å². The van der Waals surface area contributed by atoms with E-state index in [1.54, 1.807) is 6.07 Å². The van der Waals surface area contributed by atoms with E-state index in [9.17, 15) is 18.3 Å². The third kappa shape index (κ3) is 7.68. The van der Waals surface area contributed by atoms with Gasteiger partial charge >= 0.3 is 0 Å². The van der Waals surface area contributed by atoms with Crippen LogP contribution in [0, 0.1) is 11.8 Å². The van der Waals surface area contributed by atoms with Gasteiger partial charge in [0.25, 0.3) is 10.1 Å². The van der Waals surface area contributed by atoms with Crippen LogP contribution in [0.25, 0.3) is 0 Å². The van der Waals surface area contributed by atoms with Gasteiger partial charge in [-0.2, -0.15) is 8.42 Å². The van der Waals surface area contributed by atoms with E-state index >= 15 is 0 Å². The van der Waals surface area contributed by atoms with Crippen molar-refractivity contribution in [2.45, 2.75) is 51.0 Å². The van der Waals surface area contributed by atoms with Crippen molar-refractivity contribution in [2.24, 2.45) is 11.8 Å². The van der Waals surface area contributed by atoms with Gasteiger partial charge < -0.3 is 20.6 Å². The van der Waals surface area contributed by atoms with E-state index in [1.165, 1.54) is 23.4 Å². The fourth-order valence-electron chi connectivity index (χ4n) is 4.28. The maximum atomic E-state index is 11.3. The Labute approximate surface area is 208 Å². The molecule has 2 aliphatic heterocycles. The highest BCUT2D eigenvalue weighted by Gasteiger charge is 2.29. The van der Waals surface area contributed by atoms with E-state index in [2.05, 4.69) is 60.6 Å². The van der Waals surface area contributed by atoms with Crippen molar-refractivity contribution in [3.05, 3.63) is 53.6 Å². The Hall–Kier alpha value is -2.62. The second-order valence-corrected chi connectivity index (χ2v) is 11.1. The number of carbonyl (C=O) groups excluding carboxylic acids is 1. The van der Waals surface area contributed by atoms with Crippen LogP contribution in [-0.2, 0) is 21.3 Å². The average molecular weight is 504 g/mol. The fraction of sp³-hybridized carbons (Fsp3) is 0.500. The third-order valence-electron chi connectivity index (χ3n) is 6.29. The zero-order valence-corrected chi connectivity index (χ0v) is 21.5. The monoisotopic (exact) mass is 503 g/mol. The van der Waals surface area contributed by atoms with E-state index in [-0.39, 0.29) is 16.7 Å². The van der Waals surface area contributed by atoms with E-state index in [0.29, 0.717) is 44.0 Å². The van der Waals surface area contributed by atoms with Crippen molar-refractivity contribution >= 4 is 27.4 Å². The molecule has 8 nitrogen and oxygen atoms in total. The molecule has 2 aliphatic rings. The Balaban J connectivity index is 0.000000225. The lowest BCUT2D eigenvalue weighted by molar-refractivity contribution is -0.119. The molecule has 0 aliphatic carbocycles. The van der Waals surface area contributed by atoms with Gasteiger partial charge in [0, 0.05) is 55.5 Å². The second-order valence-electron chi connectivity index (χ2n) is 9.65. The molecule has 9 heteroatoms. The number of amides is 1. The number of aryl methyl sites for hydroxylation is 1. The van der Waals surface area contributed by atoms with Crippen molar-refractivity contribution in [3.63, 3.8) is 0 Å². The highest BCUT2D eigenvalue weighted by molar-refractivity contribution is 7.85. The largest absolute Gasteiger partial charge is 0.388 e. The number of hydrogen-bond donors (Lipinski definition) is 4. The molecule has 2 aromatic rings. The number of nitrogens with one attached hydrogen (secondary N) is 2. The van der Waals surface area contributed by atoms with E-state index in [0.717, 1.165) is 18.7 Å². The summed E-state index contributed by atoms with van der Waals surface area (Å²) in [4.78, 5) is 13.1. The summed E-state index contributed by atoms with van der Waals surface area (Å²) in [6, 6.07) is 12.9. The summed E-state index contributed by atoms with van der Waals surface area (Å²) in [6.07, 6.45) is 1.33. The molecule has 0 saturated carbocycles. The van der Waals surface area contributed by atoms with Crippen molar-refractivity contribution < 1.29 is 22.9 Å². The van der Waals surface area contributed by atoms with Crippen LogP contribution in [0.1, 0.15) is 50.8 Å². The van der Waals surface area contributed by atoms with Crippen LogP contribution in [0.3, 0.4) is 0 Å². The second kappa shape index (κ2) is 11.9. The van der Waals surface area contributed by atoms with Crippen LogP contribution in [0.2, 0.25) is 0 Å². The van der Waals surface area contributed by atoms with Crippen molar-refractivity contribution in [3.8, 4) is 0 Å². The molecule has 4 rings (SSSR count). The Bertz CT molecular complexity index is 1100. The summed E-state index contributed by atoms with van der Waals surface area (Å²) in [5.74, 6) is 0.951. The van der Waals surface area contributed by atoms with Gasteiger partial charge in [0.2, 0.25) is 5.91 Å². The third-order valence-corrected chi connectivity index (χ3v) is 7.14. The molecule has 0 aromatic heterocycles. The van der Waals surface area contributed by atoms with Crippen molar-refractivity contribution in [1.29, 1.82) is 0 Å². The first kappa shape index (κ1) is 27.0. The summed E-state index contributed by atoms with van der Waals surface area (Å²) >= 11 is 0. The number of nitrogens with zero attached hydrogens (tertiary/aromatic N) is 1. The lowest BCUT2D eigenvalue weighted by Crippen LogP contribution is -2.36. The highest BCUT2D eigenvalue weighted by Crippen LogP contribution is 2.36. The van der Waals surface area contributed by atoms with Gasteiger partial charge in [0.1, 0.15) is 0 Å². The Kier molecular flexibility index (Phi) is 9.15. The molecule has 192 valence electrons. The molecule has 0 spiro atoms. The summed E-state index contributed by atoms with van der Waals surface area (Å²) in [7, 11) is -4.29. The van der Waals surface area contributed by atoms with Gasteiger partial charge in [0.05, 0.1) is 11.0 Å². The van der Waals surface area contributed by atoms with Gasteiger partial charge in [-0.15, -0.1) is 0 Å². The number of rotatable bonds is 7. The standard InChI is InChI=1S/C14H18N2O5S.C12H19N/c17-13-3-4-16(8-9-5-14(18)15-7-9)12-2-1-10(6-11(12)13)22(19,20)21;1-4-11-5-7-12(8-6-11)13-9-10(2)3/h1-2,6,9,13,17H,3-5,7-8H2,(H,15,18)(H,19,20,21);5-8,10,13H,4,9H2,1-3H3. The minimum Gasteiger partial charge on any atom is -0.388 e. The molecule has 4 N–H and O–H groups in total. The summed E-state index contributed by atoms with van der Waals surface area (Å²) in [6.45, 7) is 9.60. The molecule has 1 fully saturated rings. The fourth-order valence-corrected chi connectivity index (χ4v) is 4.79. The predicted molar refractivity (Wildman–Crippen MR) is 138 cm³/mol. The maximum absolute atomic E-state index is 11.3. The molecule has 2 aromatic carbocycles. The molecule has 2 heterocycles. The number of carbonyl (C=O) groups is 1. The van der Waals surface area contributed by atoms with Crippen LogP contribution >= 0.6 is 0 Å². The first-order valence-electron chi connectivity index (χ1n) is 12.2. The van der Waals surface area contributed by atoms with Crippen LogP contribution in [0.15, 0.2) is 47.4 Å². The molecule has 2 unspecified atom stereocenters. The summed E-state index contributed by atoms with van der Waals surface area (Å²) < 4.78 is 31.6. The lowest BCUT2D eigenvalue weighted by atomic mass is 9.97. The van der Waals surface area contributed by atoms with Gasteiger partial charge in [0.15, 0.2) is 0 Å². The van der Waals surface area contributed by atoms with Crippen molar-refractivity contribution in [1.82, 2.24) is 5.32 Å². The smallest absolute Gasteiger partial charge is 0.294 e. The lowest BCUT2D eigenvalue weighted by Gasteiger charge is -2.35. The van der Waals surface area contributed by atoms with Crippen LogP contribution in [-0.4, -0.2) is 50.2 Å². The average Bonchev–Trinajstić information content (AvgIpc) is 3.24. The zero-order valence-electron chi connectivity index (χ0n) is 20.7. The molecule has 2 atom stereocenters. The molecule has 0 bridgehead atoms. The number of anilines is 2. The predicted octanol–water partition coefficient (Wildman–Crippen LogP) is 3.63. The SMILES string of the molecule is CCc1ccc(NCC(C)C)cc1.O=C1CC(CN2CCC(O)c3cc(S(=O)(=O)O)ccc32)CN1.